The molecule has 0 radical (unpaired) electrons. The van der Waals surface area contributed by atoms with E-state index in [4.69, 9.17) is 5.14 Å². The molecule has 94 valence electrons. The average molecular weight is 272 g/mol. The number of hydrogen-bond acceptors (Lipinski definition) is 3. The van der Waals surface area contributed by atoms with Crippen molar-refractivity contribution in [3.63, 3.8) is 0 Å². The zero-order chi connectivity index (χ0) is 12.3. The van der Waals surface area contributed by atoms with Gasteiger partial charge in [-0.15, -0.1) is 11.8 Å². The second-order valence-corrected chi connectivity index (χ2v) is 6.80. The second kappa shape index (κ2) is 5.29. The molecular formula is C11H16N2O2S2. The molecule has 2 rings (SSSR count). The SMILES string of the molecule is NS(=O)(=O)Nc1ccccc1SC1CCCC1. The van der Waals surface area contributed by atoms with Crippen molar-refractivity contribution >= 4 is 27.7 Å². The highest BCUT2D eigenvalue weighted by atomic mass is 32.2. The molecule has 1 aliphatic carbocycles. The van der Waals surface area contributed by atoms with Crippen LogP contribution in [0.2, 0.25) is 0 Å². The maximum Gasteiger partial charge on any atom is 0.296 e. The standard InChI is InChI=1S/C11H16N2O2S2/c12-17(14,15)13-10-7-3-4-8-11(10)16-9-5-1-2-6-9/h3-4,7-9,13H,1-2,5-6H2,(H2,12,14,15). The molecule has 0 heterocycles. The first-order chi connectivity index (χ1) is 8.04. The fourth-order valence-electron chi connectivity index (χ4n) is 1.99. The minimum absolute atomic E-state index is 0.576. The summed E-state index contributed by atoms with van der Waals surface area (Å²) < 4.78 is 24.4. The molecular weight excluding hydrogens is 256 g/mol. The van der Waals surface area contributed by atoms with Crippen LogP contribution in [0, 0.1) is 0 Å². The zero-order valence-corrected chi connectivity index (χ0v) is 11.1. The molecule has 6 heteroatoms. The summed E-state index contributed by atoms with van der Waals surface area (Å²) in [6.07, 6.45) is 4.94. The van der Waals surface area contributed by atoms with Crippen LogP contribution in [0.15, 0.2) is 29.2 Å². The van der Waals surface area contributed by atoms with E-state index in [1.165, 1.54) is 25.7 Å². The summed E-state index contributed by atoms with van der Waals surface area (Å²) in [5, 5.41) is 5.59. The molecule has 0 amide bonds. The van der Waals surface area contributed by atoms with E-state index in [-0.39, 0.29) is 0 Å². The summed E-state index contributed by atoms with van der Waals surface area (Å²) >= 11 is 1.74. The summed E-state index contributed by atoms with van der Waals surface area (Å²) in [5.74, 6) is 0. The van der Waals surface area contributed by atoms with Crippen LogP contribution in [0.25, 0.3) is 0 Å². The maximum atomic E-state index is 11.0. The van der Waals surface area contributed by atoms with Gasteiger partial charge in [0.05, 0.1) is 5.69 Å². The van der Waals surface area contributed by atoms with Gasteiger partial charge in [0.1, 0.15) is 0 Å². The number of rotatable bonds is 4. The van der Waals surface area contributed by atoms with E-state index >= 15 is 0 Å². The number of anilines is 1. The molecule has 0 saturated heterocycles. The van der Waals surface area contributed by atoms with Gasteiger partial charge in [-0.25, -0.2) is 5.14 Å². The molecule has 1 aromatic rings. The minimum Gasteiger partial charge on any atom is -0.270 e. The van der Waals surface area contributed by atoms with E-state index in [0.717, 1.165) is 4.90 Å². The Balaban J connectivity index is 2.15. The average Bonchev–Trinajstić information content (AvgIpc) is 2.71. The number of thioether (sulfide) groups is 1. The predicted octanol–water partition coefficient (Wildman–Crippen LogP) is 2.34. The van der Waals surface area contributed by atoms with E-state index in [2.05, 4.69) is 4.72 Å². The van der Waals surface area contributed by atoms with Gasteiger partial charge in [-0.05, 0) is 25.0 Å². The summed E-state index contributed by atoms with van der Waals surface area (Å²) in [5.41, 5.74) is 0.576. The maximum absolute atomic E-state index is 11.0. The molecule has 1 saturated carbocycles. The summed E-state index contributed by atoms with van der Waals surface area (Å²) in [7, 11) is -3.70. The first kappa shape index (κ1) is 12.7. The lowest BCUT2D eigenvalue weighted by Gasteiger charge is -2.13. The number of nitrogens with one attached hydrogen (secondary N) is 1. The third-order valence-electron chi connectivity index (χ3n) is 2.74. The molecule has 1 fully saturated rings. The van der Waals surface area contributed by atoms with Gasteiger partial charge in [0.25, 0.3) is 10.2 Å². The van der Waals surface area contributed by atoms with Gasteiger partial charge in [0.2, 0.25) is 0 Å². The van der Waals surface area contributed by atoms with Crippen LogP contribution in [0.5, 0.6) is 0 Å². The lowest BCUT2D eigenvalue weighted by molar-refractivity contribution is 0.603. The van der Waals surface area contributed by atoms with Crippen molar-refractivity contribution < 1.29 is 8.42 Å². The Kier molecular flexibility index (Phi) is 3.96. The summed E-state index contributed by atoms with van der Waals surface area (Å²) in [6, 6.07) is 7.37. The number of para-hydroxylation sites is 1. The van der Waals surface area contributed by atoms with Gasteiger partial charge in [-0.3, -0.25) is 4.72 Å². The number of hydrogen-bond donors (Lipinski definition) is 2. The third kappa shape index (κ3) is 3.90. The van der Waals surface area contributed by atoms with Crippen LogP contribution < -0.4 is 9.86 Å². The summed E-state index contributed by atoms with van der Waals surface area (Å²) in [4.78, 5) is 0.952. The van der Waals surface area contributed by atoms with Crippen molar-refractivity contribution in [2.24, 2.45) is 5.14 Å². The van der Waals surface area contributed by atoms with Crippen LogP contribution in [-0.4, -0.2) is 13.7 Å². The molecule has 3 N–H and O–H groups in total. The van der Waals surface area contributed by atoms with E-state index in [9.17, 15) is 8.42 Å². The first-order valence-electron chi connectivity index (χ1n) is 5.61. The largest absolute Gasteiger partial charge is 0.296 e. The normalized spacial score (nSPS) is 17.2. The van der Waals surface area contributed by atoms with Crippen LogP contribution >= 0.6 is 11.8 Å². The Labute approximate surface area is 106 Å². The number of nitrogens with two attached hydrogens (primary N) is 1. The predicted molar refractivity (Wildman–Crippen MR) is 71.3 cm³/mol. The fraction of sp³-hybridized carbons (Fsp3) is 0.455. The molecule has 0 unspecified atom stereocenters. The quantitative estimate of drug-likeness (QED) is 0.883. The highest BCUT2D eigenvalue weighted by molar-refractivity contribution is 8.00. The monoisotopic (exact) mass is 272 g/mol. The third-order valence-corrected chi connectivity index (χ3v) is 4.65. The van der Waals surface area contributed by atoms with Crippen LogP contribution in [-0.2, 0) is 10.2 Å². The van der Waals surface area contributed by atoms with Gasteiger partial charge in [0.15, 0.2) is 0 Å². The van der Waals surface area contributed by atoms with E-state index < -0.39 is 10.2 Å². The van der Waals surface area contributed by atoms with Gasteiger partial charge in [-0.1, -0.05) is 25.0 Å². The minimum atomic E-state index is -3.70. The lowest BCUT2D eigenvalue weighted by Crippen LogP contribution is -2.22. The van der Waals surface area contributed by atoms with Crippen LogP contribution in [0.4, 0.5) is 5.69 Å². The highest BCUT2D eigenvalue weighted by Gasteiger charge is 2.18. The van der Waals surface area contributed by atoms with E-state index in [1.807, 2.05) is 12.1 Å². The molecule has 0 atom stereocenters. The fourth-order valence-corrected chi connectivity index (χ4v) is 3.87. The van der Waals surface area contributed by atoms with Gasteiger partial charge < -0.3 is 0 Å². The Morgan fingerprint density at radius 1 is 1.24 bits per heavy atom. The van der Waals surface area contributed by atoms with Crippen LogP contribution in [0.3, 0.4) is 0 Å². The molecule has 1 aromatic carbocycles. The van der Waals surface area contributed by atoms with Crippen molar-refractivity contribution in [3.05, 3.63) is 24.3 Å². The van der Waals surface area contributed by atoms with Crippen molar-refractivity contribution in [2.45, 2.75) is 35.8 Å². The Bertz CT molecular complexity index is 482. The molecule has 0 aromatic heterocycles. The molecule has 0 aliphatic heterocycles. The molecule has 0 spiro atoms. The van der Waals surface area contributed by atoms with Crippen molar-refractivity contribution in [3.8, 4) is 0 Å². The lowest BCUT2D eigenvalue weighted by atomic mass is 10.3. The van der Waals surface area contributed by atoms with Gasteiger partial charge in [0, 0.05) is 10.1 Å². The first-order valence-corrected chi connectivity index (χ1v) is 8.03. The zero-order valence-electron chi connectivity index (χ0n) is 9.43. The van der Waals surface area contributed by atoms with Crippen molar-refractivity contribution in [1.82, 2.24) is 0 Å². The molecule has 4 nitrogen and oxygen atoms in total. The van der Waals surface area contributed by atoms with E-state index in [1.54, 1.807) is 23.9 Å². The Morgan fingerprint density at radius 2 is 1.88 bits per heavy atom. The second-order valence-electron chi connectivity index (χ2n) is 4.17. The van der Waals surface area contributed by atoms with Crippen LogP contribution in [0.1, 0.15) is 25.7 Å². The summed E-state index contributed by atoms with van der Waals surface area (Å²) in [6.45, 7) is 0. The van der Waals surface area contributed by atoms with Gasteiger partial charge >= 0.3 is 0 Å². The Hall–Kier alpha value is -0.720. The van der Waals surface area contributed by atoms with Crippen molar-refractivity contribution in [2.75, 3.05) is 4.72 Å². The molecule has 17 heavy (non-hydrogen) atoms. The smallest absolute Gasteiger partial charge is 0.270 e. The van der Waals surface area contributed by atoms with E-state index in [0.29, 0.717) is 10.9 Å². The molecule has 1 aliphatic rings. The van der Waals surface area contributed by atoms with Crippen molar-refractivity contribution in [1.29, 1.82) is 0 Å². The highest BCUT2D eigenvalue weighted by Crippen LogP contribution is 2.38. The number of benzene rings is 1. The van der Waals surface area contributed by atoms with Gasteiger partial charge in [-0.2, -0.15) is 8.42 Å². The Morgan fingerprint density at radius 3 is 2.53 bits per heavy atom. The molecule has 0 bridgehead atoms. The topological polar surface area (TPSA) is 72.2 Å².